The molecule has 1 aliphatic heterocycles. The van der Waals surface area contributed by atoms with Crippen LogP contribution in [0.2, 0.25) is 6.04 Å². The van der Waals surface area contributed by atoms with E-state index >= 15 is 0 Å². The van der Waals surface area contributed by atoms with Gasteiger partial charge >= 0.3 is 8.80 Å². The molecule has 0 bridgehead atoms. The van der Waals surface area contributed by atoms with Gasteiger partial charge in [0, 0.05) is 32.5 Å². The first-order chi connectivity index (χ1) is 16.3. The Labute approximate surface area is 195 Å². The van der Waals surface area contributed by atoms with E-state index in [0.717, 1.165) is 49.0 Å². The van der Waals surface area contributed by atoms with Crippen LogP contribution in [0, 0.1) is 0 Å². The SMILES string of the molecule is c1cc(CCO[Si](CCCOCC2CO2)(OCCc2ccoc2)OCCc2ccoc2)co1. The first kappa shape index (κ1) is 24.0. The van der Waals surface area contributed by atoms with Crippen molar-refractivity contribution < 1.29 is 36.0 Å². The van der Waals surface area contributed by atoms with Crippen molar-refractivity contribution in [1.82, 2.24) is 0 Å². The zero-order chi connectivity index (χ0) is 22.6. The molecule has 1 fully saturated rings. The molecular weight excluding hydrogens is 444 g/mol. The normalized spacial score (nSPS) is 15.8. The summed E-state index contributed by atoms with van der Waals surface area (Å²) < 4.78 is 45.7. The summed E-state index contributed by atoms with van der Waals surface area (Å²) in [6, 6.07) is 6.51. The van der Waals surface area contributed by atoms with Crippen molar-refractivity contribution in [2.45, 2.75) is 37.8 Å². The Morgan fingerprint density at radius 3 is 1.61 bits per heavy atom. The summed E-state index contributed by atoms with van der Waals surface area (Å²) in [5, 5.41) is 0. The van der Waals surface area contributed by atoms with Gasteiger partial charge in [0.05, 0.1) is 50.8 Å². The minimum absolute atomic E-state index is 0.260. The van der Waals surface area contributed by atoms with Gasteiger partial charge in [-0.25, -0.2) is 0 Å². The molecule has 0 radical (unpaired) electrons. The highest BCUT2D eigenvalue weighted by Gasteiger charge is 2.41. The van der Waals surface area contributed by atoms with Crippen LogP contribution >= 0.6 is 0 Å². The van der Waals surface area contributed by atoms with Gasteiger partial charge in [-0.15, -0.1) is 0 Å². The highest BCUT2D eigenvalue weighted by atomic mass is 28.4. The van der Waals surface area contributed by atoms with E-state index in [4.69, 9.17) is 36.0 Å². The van der Waals surface area contributed by atoms with Crippen molar-refractivity contribution in [3.05, 3.63) is 72.5 Å². The summed E-state index contributed by atoms with van der Waals surface area (Å²) in [5.41, 5.74) is 3.26. The van der Waals surface area contributed by atoms with Gasteiger partial charge in [-0.1, -0.05) is 0 Å². The van der Waals surface area contributed by atoms with E-state index in [0.29, 0.717) is 39.1 Å². The van der Waals surface area contributed by atoms with Crippen molar-refractivity contribution in [1.29, 1.82) is 0 Å². The number of hydrogen-bond acceptors (Lipinski definition) is 8. The average Bonchev–Trinajstić information content (AvgIpc) is 3.26. The first-order valence-corrected chi connectivity index (χ1v) is 13.4. The lowest BCUT2D eigenvalue weighted by molar-refractivity contribution is 0.0561. The van der Waals surface area contributed by atoms with Crippen LogP contribution in [0.15, 0.2) is 69.0 Å². The summed E-state index contributed by atoms with van der Waals surface area (Å²) in [4.78, 5) is 0. The number of furan rings is 3. The maximum atomic E-state index is 6.41. The van der Waals surface area contributed by atoms with Gasteiger partial charge in [-0.05, 0) is 60.6 Å². The van der Waals surface area contributed by atoms with Gasteiger partial charge in [-0.3, -0.25) is 0 Å². The second kappa shape index (κ2) is 12.9. The lowest BCUT2D eigenvalue weighted by Crippen LogP contribution is -2.47. The highest BCUT2D eigenvalue weighted by Crippen LogP contribution is 2.21. The number of hydrogen-bond donors (Lipinski definition) is 0. The average molecular weight is 477 g/mol. The molecule has 3 aromatic heterocycles. The molecule has 1 atom stereocenters. The number of epoxide rings is 1. The Bertz CT molecular complexity index is 760. The first-order valence-electron chi connectivity index (χ1n) is 11.5. The van der Waals surface area contributed by atoms with Crippen molar-refractivity contribution in [3.8, 4) is 0 Å². The minimum atomic E-state index is -2.96. The van der Waals surface area contributed by atoms with Crippen molar-refractivity contribution in [2.75, 3.05) is 39.6 Å². The third-order valence-electron chi connectivity index (χ3n) is 5.36. The van der Waals surface area contributed by atoms with Crippen LogP contribution < -0.4 is 0 Å². The molecule has 9 heteroatoms. The quantitative estimate of drug-likeness (QED) is 0.153. The standard InChI is InChI=1S/C24H32O8Si/c1(8-25-19-24-20-29-24)15-33(30-12-5-21-2-9-26-16-21,31-13-6-22-3-10-27-17-22)32-14-7-23-4-11-28-18-23/h2-4,9-11,16-18,24H,1,5-8,12-15,19-20H2. The van der Waals surface area contributed by atoms with E-state index in [9.17, 15) is 0 Å². The third-order valence-corrected chi connectivity index (χ3v) is 8.25. The third kappa shape index (κ3) is 8.62. The van der Waals surface area contributed by atoms with E-state index in [-0.39, 0.29) is 6.10 Å². The molecule has 0 aromatic carbocycles. The molecule has 0 saturated carbocycles. The van der Waals surface area contributed by atoms with Crippen LogP contribution in [0.3, 0.4) is 0 Å². The molecule has 1 unspecified atom stereocenters. The van der Waals surface area contributed by atoms with Crippen LogP contribution in [-0.2, 0) is 42.0 Å². The van der Waals surface area contributed by atoms with E-state index in [2.05, 4.69) is 0 Å². The lowest BCUT2D eigenvalue weighted by atomic mass is 10.3. The fraction of sp³-hybridized carbons (Fsp3) is 0.500. The van der Waals surface area contributed by atoms with Gasteiger partial charge in [-0.2, -0.15) is 0 Å². The lowest BCUT2D eigenvalue weighted by Gasteiger charge is -2.30. The molecule has 1 aliphatic rings. The highest BCUT2D eigenvalue weighted by molar-refractivity contribution is 6.60. The largest absolute Gasteiger partial charge is 0.501 e. The van der Waals surface area contributed by atoms with E-state index < -0.39 is 8.80 Å². The van der Waals surface area contributed by atoms with Crippen molar-refractivity contribution in [3.63, 3.8) is 0 Å². The fourth-order valence-electron chi connectivity index (χ4n) is 3.39. The molecule has 0 spiro atoms. The number of ether oxygens (including phenoxy) is 2. The van der Waals surface area contributed by atoms with Gasteiger partial charge in [0.15, 0.2) is 0 Å². The van der Waals surface area contributed by atoms with Crippen LogP contribution in [0.1, 0.15) is 23.1 Å². The summed E-state index contributed by atoms with van der Waals surface area (Å²) in [5.74, 6) is 0. The van der Waals surface area contributed by atoms with Gasteiger partial charge in [0.1, 0.15) is 6.10 Å². The zero-order valence-corrected chi connectivity index (χ0v) is 19.8. The second-order valence-corrected chi connectivity index (χ2v) is 10.7. The smallest absolute Gasteiger partial charge is 0.472 e. The molecule has 4 heterocycles. The van der Waals surface area contributed by atoms with Crippen molar-refractivity contribution in [2.24, 2.45) is 0 Å². The molecule has 8 nitrogen and oxygen atoms in total. The van der Waals surface area contributed by atoms with E-state index in [1.807, 2.05) is 18.2 Å². The molecule has 33 heavy (non-hydrogen) atoms. The minimum Gasteiger partial charge on any atom is -0.472 e. The molecule has 180 valence electrons. The summed E-state index contributed by atoms with van der Waals surface area (Å²) in [7, 11) is -2.96. The number of rotatable bonds is 18. The summed E-state index contributed by atoms with van der Waals surface area (Å²) in [6.45, 7) is 3.55. The van der Waals surface area contributed by atoms with Crippen LogP contribution in [-0.4, -0.2) is 54.5 Å². The fourth-order valence-corrected chi connectivity index (χ4v) is 5.89. The van der Waals surface area contributed by atoms with Crippen molar-refractivity contribution >= 4 is 8.80 Å². The topological polar surface area (TPSA) is 88.9 Å². The van der Waals surface area contributed by atoms with E-state index in [1.54, 1.807) is 37.6 Å². The van der Waals surface area contributed by atoms with Gasteiger partial charge < -0.3 is 36.0 Å². The molecule has 0 amide bonds. The zero-order valence-electron chi connectivity index (χ0n) is 18.8. The Kier molecular flexibility index (Phi) is 9.40. The molecule has 0 N–H and O–H groups in total. The Balaban J connectivity index is 1.34. The molecular formula is C24H32O8Si. The Morgan fingerprint density at radius 2 is 1.21 bits per heavy atom. The van der Waals surface area contributed by atoms with E-state index in [1.165, 1.54) is 0 Å². The monoisotopic (exact) mass is 476 g/mol. The summed E-state index contributed by atoms with van der Waals surface area (Å²) in [6.07, 6.45) is 13.5. The predicted molar refractivity (Wildman–Crippen MR) is 121 cm³/mol. The molecule has 4 rings (SSSR count). The van der Waals surface area contributed by atoms with Crippen LogP contribution in [0.25, 0.3) is 0 Å². The van der Waals surface area contributed by atoms with Crippen LogP contribution in [0.5, 0.6) is 0 Å². The van der Waals surface area contributed by atoms with Gasteiger partial charge in [0.2, 0.25) is 0 Å². The second-order valence-electron chi connectivity index (χ2n) is 8.01. The van der Waals surface area contributed by atoms with Crippen LogP contribution in [0.4, 0.5) is 0 Å². The molecule has 3 aromatic rings. The molecule has 1 saturated heterocycles. The summed E-state index contributed by atoms with van der Waals surface area (Å²) >= 11 is 0. The Hall–Kier alpha value is -2.14. The van der Waals surface area contributed by atoms with Gasteiger partial charge in [0.25, 0.3) is 0 Å². The predicted octanol–water partition coefficient (Wildman–Crippen LogP) is 4.29. The Morgan fingerprint density at radius 1 is 0.727 bits per heavy atom. The molecule has 0 aliphatic carbocycles. The maximum Gasteiger partial charge on any atom is 0.501 e. The maximum absolute atomic E-state index is 6.41.